The number of aromatic nitrogens is 2. The van der Waals surface area contributed by atoms with Gasteiger partial charge in [-0.2, -0.15) is 0 Å². The number of nitrogens with zero attached hydrogens (tertiary/aromatic N) is 2. The topological polar surface area (TPSA) is 37.8 Å². The van der Waals surface area contributed by atoms with Crippen molar-refractivity contribution in [2.45, 2.75) is 23.6 Å². The molecular formula is C17H16ClN3S2. The number of nitrogens with one attached hydrogen (secondary N) is 1. The minimum absolute atomic E-state index is 0.717. The summed E-state index contributed by atoms with van der Waals surface area (Å²) in [7, 11) is 0. The van der Waals surface area contributed by atoms with E-state index in [1.54, 1.807) is 23.1 Å². The van der Waals surface area contributed by atoms with Crippen LogP contribution >= 0.6 is 34.7 Å². The summed E-state index contributed by atoms with van der Waals surface area (Å²) in [6, 6.07) is 16.4. The number of thioether (sulfide) groups is 1. The van der Waals surface area contributed by atoms with E-state index in [2.05, 4.69) is 46.7 Å². The molecule has 0 unspecified atom stereocenters. The van der Waals surface area contributed by atoms with Gasteiger partial charge in [-0.1, -0.05) is 76.7 Å². The fraction of sp³-hybridized carbons (Fsp3) is 0.176. The Bertz CT molecular complexity index is 690. The number of benzene rings is 2. The Balaban J connectivity index is 1.51. The molecule has 1 aromatic heterocycles. The number of aryl methyl sites for hydroxylation is 1. The quantitative estimate of drug-likeness (QED) is 0.596. The largest absolute Gasteiger partial charge is 0.356 e. The van der Waals surface area contributed by atoms with Crippen LogP contribution in [0.15, 0.2) is 52.9 Å². The van der Waals surface area contributed by atoms with E-state index < -0.39 is 0 Å². The average Bonchev–Trinajstić information content (AvgIpc) is 3.02. The Morgan fingerprint density at radius 3 is 2.43 bits per heavy atom. The van der Waals surface area contributed by atoms with Crippen LogP contribution < -0.4 is 5.32 Å². The Hall–Kier alpha value is -1.56. The number of hydrogen-bond acceptors (Lipinski definition) is 5. The summed E-state index contributed by atoms with van der Waals surface area (Å²) in [4.78, 5) is 0. The third kappa shape index (κ3) is 4.96. The minimum Gasteiger partial charge on any atom is -0.356 e. The molecule has 0 fully saturated rings. The number of hydrogen-bond donors (Lipinski definition) is 1. The molecule has 118 valence electrons. The Labute approximate surface area is 149 Å². The van der Waals surface area contributed by atoms with Crippen molar-refractivity contribution in [3.05, 3.63) is 70.2 Å². The normalized spacial score (nSPS) is 10.7. The Morgan fingerprint density at radius 1 is 1.00 bits per heavy atom. The molecule has 0 saturated carbocycles. The van der Waals surface area contributed by atoms with Crippen molar-refractivity contribution >= 4 is 39.8 Å². The first-order chi connectivity index (χ1) is 11.2. The summed E-state index contributed by atoms with van der Waals surface area (Å²) in [6.07, 6.45) is 0. The monoisotopic (exact) mass is 361 g/mol. The van der Waals surface area contributed by atoms with E-state index in [9.17, 15) is 0 Å². The molecule has 0 atom stereocenters. The van der Waals surface area contributed by atoms with Gasteiger partial charge in [-0.15, -0.1) is 10.2 Å². The van der Waals surface area contributed by atoms with Crippen LogP contribution in [0.1, 0.15) is 16.7 Å². The summed E-state index contributed by atoms with van der Waals surface area (Å²) in [5, 5.41) is 13.3. The molecular weight excluding hydrogens is 346 g/mol. The van der Waals surface area contributed by atoms with E-state index in [-0.39, 0.29) is 0 Å². The maximum atomic E-state index is 5.88. The molecule has 0 aliphatic heterocycles. The smallest absolute Gasteiger partial charge is 0.206 e. The first-order valence-corrected chi connectivity index (χ1v) is 9.37. The molecule has 0 amide bonds. The number of anilines is 1. The average molecular weight is 362 g/mol. The molecule has 1 N–H and O–H groups in total. The van der Waals surface area contributed by atoms with E-state index in [0.717, 1.165) is 20.2 Å². The standard InChI is InChI=1S/C17H16ClN3S2/c1-12-2-4-14(5-3-12)11-22-17-21-20-16(23-17)19-10-13-6-8-15(18)9-7-13/h2-9H,10-11H2,1H3,(H,19,20). The fourth-order valence-electron chi connectivity index (χ4n) is 1.95. The second-order valence-electron chi connectivity index (χ2n) is 5.13. The maximum absolute atomic E-state index is 5.88. The number of rotatable bonds is 6. The van der Waals surface area contributed by atoms with Crippen molar-refractivity contribution in [3.8, 4) is 0 Å². The van der Waals surface area contributed by atoms with Crippen LogP contribution in [0.4, 0.5) is 5.13 Å². The van der Waals surface area contributed by atoms with Crippen molar-refractivity contribution in [1.29, 1.82) is 0 Å². The molecule has 1 heterocycles. The van der Waals surface area contributed by atoms with Crippen molar-refractivity contribution in [2.24, 2.45) is 0 Å². The third-order valence-corrected chi connectivity index (χ3v) is 5.58. The van der Waals surface area contributed by atoms with Crippen LogP contribution in [0.25, 0.3) is 0 Å². The molecule has 0 radical (unpaired) electrons. The summed E-state index contributed by atoms with van der Waals surface area (Å²) in [5.74, 6) is 0.909. The SMILES string of the molecule is Cc1ccc(CSc2nnc(NCc3ccc(Cl)cc3)s2)cc1. The van der Waals surface area contributed by atoms with Crippen LogP contribution in [-0.4, -0.2) is 10.2 Å². The Morgan fingerprint density at radius 2 is 1.70 bits per heavy atom. The molecule has 6 heteroatoms. The molecule has 0 aliphatic rings. The van der Waals surface area contributed by atoms with E-state index >= 15 is 0 Å². The highest BCUT2D eigenvalue weighted by atomic mass is 35.5. The van der Waals surface area contributed by atoms with Gasteiger partial charge in [-0.3, -0.25) is 0 Å². The first kappa shape index (κ1) is 16.3. The molecule has 3 rings (SSSR count). The van der Waals surface area contributed by atoms with E-state index in [1.165, 1.54) is 16.7 Å². The lowest BCUT2D eigenvalue weighted by molar-refractivity contribution is 0.995. The minimum atomic E-state index is 0.717. The van der Waals surface area contributed by atoms with Gasteiger partial charge >= 0.3 is 0 Å². The van der Waals surface area contributed by atoms with Gasteiger partial charge in [0.1, 0.15) is 0 Å². The molecule has 0 spiro atoms. The van der Waals surface area contributed by atoms with Gasteiger partial charge in [-0.25, -0.2) is 0 Å². The zero-order valence-corrected chi connectivity index (χ0v) is 15.0. The first-order valence-electron chi connectivity index (χ1n) is 7.19. The maximum Gasteiger partial charge on any atom is 0.206 e. The van der Waals surface area contributed by atoms with E-state index in [4.69, 9.17) is 11.6 Å². The predicted octanol–water partition coefficient (Wildman–Crippen LogP) is 5.40. The lowest BCUT2D eigenvalue weighted by Crippen LogP contribution is -1.98. The zero-order valence-electron chi connectivity index (χ0n) is 12.6. The van der Waals surface area contributed by atoms with Gasteiger partial charge in [0.25, 0.3) is 0 Å². The molecule has 0 aliphatic carbocycles. The summed E-state index contributed by atoms with van der Waals surface area (Å²) >= 11 is 9.18. The van der Waals surface area contributed by atoms with Crippen LogP contribution in [-0.2, 0) is 12.3 Å². The van der Waals surface area contributed by atoms with E-state index in [1.807, 2.05) is 24.3 Å². The molecule has 0 bridgehead atoms. The second-order valence-corrected chi connectivity index (χ2v) is 7.76. The molecule has 3 nitrogen and oxygen atoms in total. The summed E-state index contributed by atoms with van der Waals surface area (Å²) in [6.45, 7) is 2.81. The van der Waals surface area contributed by atoms with Crippen LogP contribution in [0.3, 0.4) is 0 Å². The van der Waals surface area contributed by atoms with E-state index in [0.29, 0.717) is 6.54 Å². The van der Waals surface area contributed by atoms with Crippen LogP contribution in [0.2, 0.25) is 5.02 Å². The van der Waals surface area contributed by atoms with Gasteiger partial charge in [0, 0.05) is 17.3 Å². The second kappa shape index (κ2) is 7.81. The molecule has 23 heavy (non-hydrogen) atoms. The molecule has 2 aromatic carbocycles. The molecule has 0 saturated heterocycles. The van der Waals surface area contributed by atoms with Crippen LogP contribution in [0.5, 0.6) is 0 Å². The van der Waals surface area contributed by atoms with Crippen LogP contribution in [0, 0.1) is 6.92 Å². The summed E-state index contributed by atoms with van der Waals surface area (Å²) < 4.78 is 0.976. The van der Waals surface area contributed by atoms with Gasteiger partial charge < -0.3 is 5.32 Å². The van der Waals surface area contributed by atoms with Gasteiger partial charge in [0.05, 0.1) is 0 Å². The fourth-order valence-corrected chi connectivity index (χ4v) is 3.78. The van der Waals surface area contributed by atoms with Gasteiger partial charge in [-0.05, 0) is 30.2 Å². The predicted molar refractivity (Wildman–Crippen MR) is 99.4 cm³/mol. The highest BCUT2D eigenvalue weighted by Crippen LogP contribution is 2.28. The van der Waals surface area contributed by atoms with Crippen molar-refractivity contribution in [3.63, 3.8) is 0 Å². The number of halogens is 1. The van der Waals surface area contributed by atoms with Crippen molar-refractivity contribution in [2.75, 3.05) is 5.32 Å². The van der Waals surface area contributed by atoms with Crippen molar-refractivity contribution in [1.82, 2.24) is 10.2 Å². The lowest BCUT2D eigenvalue weighted by Gasteiger charge is -2.02. The van der Waals surface area contributed by atoms with Gasteiger partial charge in [0.15, 0.2) is 4.34 Å². The highest BCUT2D eigenvalue weighted by Gasteiger charge is 2.05. The highest BCUT2D eigenvalue weighted by molar-refractivity contribution is 8.00. The molecule has 3 aromatic rings. The zero-order chi connectivity index (χ0) is 16.1. The third-order valence-electron chi connectivity index (χ3n) is 3.25. The summed E-state index contributed by atoms with van der Waals surface area (Å²) in [5.41, 5.74) is 3.74. The Kier molecular flexibility index (Phi) is 5.54. The van der Waals surface area contributed by atoms with Gasteiger partial charge in [0.2, 0.25) is 5.13 Å². The lowest BCUT2D eigenvalue weighted by atomic mass is 10.2. The van der Waals surface area contributed by atoms with Crippen molar-refractivity contribution < 1.29 is 0 Å².